The number of carbonyl (C=O) groups excluding carboxylic acids is 1. The van der Waals surface area contributed by atoms with Gasteiger partial charge in [0, 0.05) is 13.1 Å². The van der Waals surface area contributed by atoms with Gasteiger partial charge in [0.25, 0.3) is 0 Å². The molecule has 110 valence electrons. The SMILES string of the molecule is CC(C)C1CCN(Cc2ccc(CC(=O)NN)cc2)C1. The van der Waals surface area contributed by atoms with Crippen molar-refractivity contribution in [2.24, 2.45) is 17.7 Å². The summed E-state index contributed by atoms with van der Waals surface area (Å²) in [5.41, 5.74) is 4.46. The lowest BCUT2D eigenvalue weighted by atomic mass is 9.95. The Balaban J connectivity index is 1.87. The van der Waals surface area contributed by atoms with Crippen molar-refractivity contribution in [1.82, 2.24) is 10.3 Å². The second kappa shape index (κ2) is 6.86. The van der Waals surface area contributed by atoms with E-state index < -0.39 is 0 Å². The summed E-state index contributed by atoms with van der Waals surface area (Å²) < 4.78 is 0. The summed E-state index contributed by atoms with van der Waals surface area (Å²) in [5.74, 6) is 6.55. The first kappa shape index (κ1) is 15.0. The minimum Gasteiger partial charge on any atom is -0.299 e. The summed E-state index contributed by atoms with van der Waals surface area (Å²) in [4.78, 5) is 13.7. The Morgan fingerprint density at radius 3 is 2.55 bits per heavy atom. The van der Waals surface area contributed by atoms with Crippen molar-refractivity contribution in [2.45, 2.75) is 33.2 Å². The molecule has 0 saturated carbocycles. The van der Waals surface area contributed by atoms with Crippen molar-refractivity contribution in [3.8, 4) is 0 Å². The fraction of sp³-hybridized carbons (Fsp3) is 0.562. The number of nitrogens with one attached hydrogen (secondary N) is 1. The molecule has 1 atom stereocenters. The molecular formula is C16H25N3O. The van der Waals surface area contributed by atoms with E-state index in [0.717, 1.165) is 23.9 Å². The number of benzene rings is 1. The summed E-state index contributed by atoms with van der Waals surface area (Å²) in [6, 6.07) is 8.25. The molecule has 0 bridgehead atoms. The molecule has 20 heavy (non-hydrogen) atoms. The Hall–Kier alpha value is -1.39. The zero-order valence-corrected chi connectivity index (χ0v) is 12.4. The monoisotopic (exact) mass is 275 g/mol. The average molecular weight is 275 g/mol. The van der Waals surface area contributed by atoms with E-state index in [-0.39, 0.29) is 5.91 Å². The number of amides is 1. The van der Waals surface area contributed by atoms with Crippen molar-refractivity contribution >= 4 is 5.91 Å². The Bertz CT molecular complexity index is 442. The van der Waals surface area contributed by atoms with Gasteiger partial charge in [-0.15, -0.1) is 0 Å². The van der Waals surface area contributed by atoms with E-state index in [1.54, 1.807) is 0 Å². The number of nitrogens with two attached hydrogens (primary N) is 1. The van der Waals surface area contributed by atoms with Crippen molar-refractivity contribution < 1.29 is 4.79 Å². The van der Waals surface area contributed by atoms with Crippen LogP contribution in [0.15, 0.2) is 24.3 Å². The standard InChI is InChI=1S/C16H25N3O/c1-12(2)15-7-8-19(11-15)10-14-5-3-13(4-6-14)9-16(20)18-17/h3-6,12,15H,7-11,17H2,1-2H3,(H,18,20). The molecular weight excluding hydrogens is 250 g/mol. The van der Waals surface area contributed by atoms with Gasteiger partial charge in [-0.3, -0.25) is 15.1 Å². The highest BCUT2D eigenvalue weighted by Gasteiger charge is 2.24. The molecule has 0 spiro atoms. The van der Waals surface area contributed by atoms with E-state index in [4.69, 9.17) is 5.84 Å². The van der Waals surface area contributed by atoms with Gasteiger partial charge in [-0.1, -0.05) is 38.1 Å². The minimum atomic E-state index is -0.155. The molecule has 1 saturated heterocycles. The Labute approximate surface area is 121 Å². The fourth-order valence-corrected chi connectivity index (χ4v) is 2.81. The van der Waals surface area contributed by atoms with Gasteiger partial charge in [0.15, 0.2) is 0 Å². The van der Waals surface area contributed by atoms with Crippen LogP contribution >= 0.6 is 0 Å². The molecule has 4 nitrogen and oxygen atoms in total. The number of nitrogens with zero attached hydrogens (tertiary/aromatic N) is 1. The maximum absolute atomic E-state index is 11.2. The van der Waals surface area contributed by atoms with Crippen molar-refractivity contribution in [2.75, 3.05) is 13.1 Å². The van der Waals surface area contributed by atoms with Crippen LogP contribution in [0, 0.1) is 11.8 Å². The summed E-state index contributed by atoms with van der Waals surface area (Å²) in [6.07, 6.45) is 1.66. The first-order valence-corrected chi connectivity index (χ1v) is 7.38. The maximum atomic E-state index is 11.2. The predicted octanol–water partition coefficient (Wildman–Crippen LogP) is 1.70. The van der Waals surface area contributed by atoms with Gasteiger partial charge < -0.3 is 0 Å². The smallest absolute Gasteiger partial charge is 0.238 e. The second-order valence-corrected chi connectivity index (χ2v) is 6.09. The second-order valence-electron chi connectivity index (χ2n) is 6.09. The van der Waals surface area contributed by atoms with Crippen LogP contribution in [-0.2, 0) is 17.8 Å². The average Bonchev–Trinajstić information content (AvgIpc) is 2.89. The Kier molecular flexibility index (Phi) is 5.15. The van der Waals surface area contributed by atoms with Crippen LogP contribution in [0.4, 0.5) is 0 Å². The predicted molar refractivity (Wildman–Crippen MR) is 80.7 cm³/mol. The number of hydrogen-bond acceptors (Lipinski definition) is 3. The number of likely N-dealkylation sites (tertiary alicyclic amines) is 1. The first-order valence-electron chi connectivity index (χ1n) is 7.38. The van der Waals surface area contributed by atoms with E-state index in [2.05, 4.69) is 36.3 Å². The molecule has 1 unspecified atom stereocenters. The van der Waals surface area contributed by atoms with Gasteiger partial charge in [0.2, 0.25) is 5.91 Å². The molecule has 1 aromatic rings. The van der Waals surface area contributed by atoms with Crippen LogP contribution in [0.1, 0.15) is 31.4 Å². The van der Waals surface area contributed by atoms with Crippen LogP contribution in [0.2, 0.25) is 0 Å². The van der Waals surface area contributed by atoms with Crippen LogP contribution in [0.3, 0.4) is 0 Å². The van der Waals surface area contributed by atoms with E-state index in [9.17, 15) is 4.79 Å². The highest BCUT2D eigenvalue weighted by Crippen LogP contribution is 2.24. The third kappa shape index (κ3) is 4.05. The molecule has 1 fully saturated rings. The van der Waals surface area contributed by atoms with Gasteiger partial charge in [-0.2, -0.15) is 0 Å². The maximum Gasteiger partial charge on any atom is 0.238 e. The van der Waals surface area contributed by atoms with Crippen molar-refractivity contribution in [3.05, 3.63) is 35.4 Å². The number of rotatable bonds is 5. The summed E-state index contributed by atoms with van der Waals surface area (Å²) >= 11 is 0. The molecule has 2 rings (SSSR count). The number of hydrogen-bond donors (Lipinski definition) is 2. The van der Waals surface area contributed by atoms with Crippen LogP contribution in [0.5, 0.6) is 0 Å². The summed E-state index contributed by atoms with van der Waals surface area (Å²) in [7, 11) is 0. The van der Waals surface area contributed by atoms with Gasteiger partial charge in [-0.05, 0) is 35.9 Å². The minimum absolute atomic E-state index is 0.155. The molecule has 1 aromatic carbocycles. The highest BCUT2D eigenvalue weighted by molar-refractivity contribution is 5.77. The summed E-state index contributed by atoms with van der Waals surface area (Å²) in [5, 5.41) is 0. The molecule has 1 aliphatic rings. The lowest BCUT2D eigenvalue weighted by Crippen LogP contribution is -2.31. The van der Waals surface area contributed by atoms with E-state index >= 15 is 0 Å². The highest BCUT2D eigenvalue weighted by atomic mass is 16.2. The van der Waals surface area contributed by atoms with E-state index in [0.29, 0.717) is 6.42 Å². The summed E-state index contributed by atoms with van der Waals surface area (Å²) in [6.45, 7) is 8.03. The van der Waals surface area contributed by atoms with E-state index in [1.165, 1.54) is 25.1 Å². The molecule has 3 N–H and O–H groups in total. The molecule has 1 amide bonds. The number of hydrazine groups is 1. The number of carbonyl (C=O) groups is 1. The lowest BCUT2D eigenvalue weighted by molar-refractivity contribution is -0.120. The van der Waals surface area contributed by atoms with Crippen molar-refractivity contribution in [1.29, 1.82) is 0 Å². The zero-order chi connectivity index (χ0) is 14.5. The molecule has 1 heterocycles. The van der Waals surface area contributed by atoms with Gasteiger partial charge in [0.05, 0.1) is 6.42 Å². The molecule has 0 aliphatic carbocycles. The van der Waals surface area contributed by atoms with Gasteiger partial charge >= 0.3 is 0 Å². The molecule has 0 radical (unpaired) electrons. The zero-order valence-electron chi connectivity index (χ0n) is 12.4. The first-order chi connectivity index (χ1) is 9.58. The third-order valence-electron chi connectivity index (χ3n) is 4.21. The quantitative estimate of drug-likeness (QED) is 0.488. The Morgan fingerprint density at radius 2 is 2.00 bits per heavy atom. The van der Waals surface area contributed by atoms with Crippen LogP contribution in [0.25, 0.3) is 0 Å². The molecule has 0 aromatic heterocycles. The lowest BCUT2D eigenvalue weighted by Gasteiger charge is -2.18. The van der Waals surface area contributed by atoms with Crippen LogP contribution < -0.4 is 11.3 Å². The van der Waals surface area contributed by atoms with E-state index in [1.807, 2.05) is 12.1 Å². The normalized spacial score (nSPS) is 19.5. The van der Waals surface area contributed by atoms with Crippen LogP contribution in [-0.4, -0.2) is 23.9 Å². The Morgan fingerprint density at radius 1 is 1.35 bits per heavy atom. The van der Waals surface area contributed by atoms with Gasteiger partial charge in [-0.25, -0.2) is 5.84 Å². The third-order valence-corrected chi connectivity index (χ3v) is 4.21. The van der Waals surface area contributed by atoms with Crippen molar-refractivity contribution in [3.63, 3.8) is 0 Å². The molecule has 4 heteroatoms. The van der Waals surface area contributed by atoms with Gasteiger partial charge in [0.1, 0.15) is 0 Å². The fourth-order valence-electron chi connectivity index (χ4n) is 2.81. The topological polar surface area (TPSA) is 58.4 Å². The molecule has 1 aliphatic heterocycles. The largest absolute Gasteiger partial charge is 0.299 e.